The van der Waals surface area contributed by atoms with Gasteiger partial charge in [0, 0.05) is 87.8 Å². The zero-order valence-corrected chi connectivity index (χ0v) is 45.6. The molecule has 2 atom stereocenters. The van der Waals surface area contributed by atoms with E-state index in [9.17, 15) is 0 Å². The molecule has 4 aromatic carbocycles. The molecule has 17 heteroatoms. The molecular formula is C59H61BrN14O2. The maximum Gasteiger partial charge on any atom is 0.0982 e. The van der Waals surface area contributed by atoms with Crippen LogP contribution >= 0.6 is 15.9 Å². The molecule has 0 N–H and O–H groups in total. The van der Waals surface area contributed by atoms with Gasteiger partial charge >= 0.3 is 0 Å². The van der Waals surface area contributed by atoms with Gasteiger partial charge in [-0.2, -0.15) is 10.2 Å². The van der Waals surface area contributed by atoms with Crippen molar-refractivity contribution in [2.75, 3.05) is 26.4 Å². The number of nitrogens with zero attached hydrogens (tertiary/aromatic N) is 14. The Hall–Kier alpha value is -7.60. The van der Waals surface area contributed by atoms with Crippen LogP contribution in [-0.2, 0) is 37.7 Å². The molecule has 0 radical (unpaired) electrons. The van der Waals surface area contributed by atoms with E-state index in [0.717, 1.165) is 134 Å². The van der Waals surface area contributed by atoms with Crippen molar-refractivity contribution in [2.24, 2.45) is 40.0 Å². The van der Waals surface area contributed by atoms with Crippen LogP contribution in [0.3, 0.4) is 0 Å². The number of halogens is 1. The Balaban J connectivity index is 0.000000135. The van der Waals surface area contributed by atoms with Crippen LogP contribution in [0.15, 0.2) is 126 Å². The molecule has 0 aliphatic carbocycles. The highest BCUT2D eigenvalue weighted by molar-refractivity contribution is 9.10. The van der Waals surface area contributed by atoms with Gasteiger partial charge in [-0.25, -0.2) is 4.68 Å². The molecule has 8 aromatic heterocycles. The third kappa shape index (κ3) is 8.73. The summed E-state index contributed by atoms with van der Waals surface area (Å²) in [4.78, 5) is 9.99. The number of benzene rings is 4. The lowest BCUT2D eigenvalue weighted by molar-refractivity contribution is 0.0552. The Morgan fingerprint density at radius 3 is 1.43 bits per heavy atom. The summed E-state index contributed by atoms with van der Waals surface area (Å²) in [5.41, 5.74) is 16.6. The molecule has 0 bridgehead atoms. The Kier molecular flexibility index (Phi) is 13.3. The summed E-state index contributed by atoms with van der Waals surface area (Å²) in [6.07, 6.45) is 11.9. The minimum atomic E-state index is 0.151. The van der Waals surface area contributed by atoms with E-state index < -0.39 is 0 Å². The van der Waals surface area contributed by atoms with Gasteiger partial charge in [-0.15, -0.1) is 10.2 Å². The molecule has 2 aliphatic rings. The monoisotopic (exact) mass is 1080 g/mol. The zero-order valence-electron chi connectivity index (χ0n) is 44.0. The molecule has 0 amide bonds. The Morgan fingerprint density at radius 1 is 0.513 bits per heavy atom. The van der Waals surface area contributed by atoms with E-state index in [1.807, 2.05) is 87.8 Å². The number of fused-ring (bicyclic) bond motifs is 10. The van der Waals surface area contributed by atoms with Gasteiger partial charge in [-0.1, -0.05) is 71.1 Å². The topological polar surface area (TPSA) is 151 Å². The quantitative estimate of drug-likeness (QED) is 0.151. The van der Waals surface area contributed by atoms with Gasteiger partial charge in [0.25, 0.3) is 0 Å². The second-order valence-electron chi connectivity index (χ2n) is 20.3. The van der Waals surface area contributed by atoms with E-state index in [-0.39, 0.29) is 12.1 Å². The summed E-state index contributed by atoms with van der Waals surface area (Å²) in [5.74, 6) is 0.942. The molecule has 10 heterocycles. The molecule has 0 unspecified atom stereocenters. The predicted octanol–water partition coefficient (Wildman–Crippen LogP) is 11.5. The van der Waals surface area contributed by atoms with Crippen LogP contribution < -0.4 is 0 Å². The molecule has 2 saturated heterocycles. The Morgan fingerprint density at radius 2 is 0.987 bits per heavy atom. The van der Waals surface area contributed by atoms with Gasteiger partial charge in [-0.05, 0) is 122 Å². The molecule has 16 nitrogen and oxygen atoms in total. The van der Waals surface area contributed by atoms with Crippen LogP contribution in [-0.4, -0.2) is 95.1 Å². The van der Waals surface area contributed by atoms with Gasteiger partial charge in [0.05, 0.1) is 102 Å². The van der Waals surface area contributed by atoms with E-state index >= 15 is 0 Å². The lowest BCUT2D eigenvalue weighted by Gasteiger charge is -2.33. The average molecular weight is 1080 g/mol. The summed E-state index contributed by atoms with van der Waals surface area (Å²) in [5, 5.41) is 29.8. The number of aryl methyl sites for hydroxylation is 6. The summed E-state index contributed by atoms with van der Waals surface area (Å²) >= 11 is 3.67. The van der Waals surface area contributed by atoms with Crippen LogP contribution in [0.5, 0.6) is 0 Å². The highest BCUT2D eigenvalue weighted by Gasteiger charge is 2.33. The SMILES string of the molecule is Cc1nnn(C)c1-c1cnc2c3c4c(ccc3n([C@H](c3ccccc3)C3CCOCC3)c2c1)cnn4C.Cc1nnn(C)c1C.Cn1ncc2ccc3c(c4ncc(Br)cc4n3[C@H](c3ccccc3)C3CCOCC3)c21. The number of hydrogen-bond donors (Lipinski definition) is 0. The summed E-state index contributed by atoms with van der Waals surface area (Å²) in [6, 6.07) is 35.5. The first-order valence-electron chi connectivity index (χ1n) is 26.1. The van der Waals surface area contributed by atoms with Crippen molar-refractivity contribution in [3.8, 4) is 11.3 Å². The predicted molar refractivity (Wildman–Crippen MR) is 302 cm³/mol. The minimum Gasteiger partial charge on any atom is -0.381 e. The molecule has 0 spiro atoms. The van der Waals surface area contributed by atoms with Crippen molar-refractivity contribution in [3.63, 3.8) is 0 Å². The molecule has 2 aliphatic heterocycles. The Labute approximate surface area is 448 Å². The van der Waals surface area contributed by atoms with Gasteiger partial charge < -0.3 is 18.6 Å². The Bertz CT molecular complexity index is 4000. The number of pyridine rings is 2. The highest BCUT2D eigenvalue weighted by atomic mass is 79.9. The third-order valence-corrected chi connectivity index (χ3v) is 16.3. The zero-order chi connectivity index (χ0) is 52.2. The van der Waals surface area contributed by atoms with E-state index in [1.165, 1.54) is 27.5 Å². The number of ether oxygens (including phenoxy) is 2. The first kappa shape index (κ1) is 49.3. The van der Waals surface area contributed by atoms with Gasteiger partial charge in [-0.3, -0.25) is 24.0 Å². The molecule has 14 rings (SSSR count). The smallest absolute Gasteiger partial charge is 0.0982 e. The lowest BCUT2D eigenvalue weighted by Crippen LogP contribution is -2.26. The molecule has 0 saturated carbocycles. The van der Waals surface area contributed by atoms with Crippen LogP contribution in [0.1, 0.15) is 66.0 Å². The largest absolute Gasteiger partial charge is 0.381 e. The number of rotatable bonds is 7. The van der Waals surface area contributed by atoms with Crippen LogP contribution in [0.25, 0.3) is 76.9 Å². The van der Waals surface area contributed by atoms with Gasteiger partial charge in [0.1, 0.15) is 0 Å². The third-order valence-electron chi connectivity index (χ3n) is 15.8. The molecular weight excluding hydrogens is 1020 g/mol. The molecule has 2 fully saturated rings. The average Bonchev–Trinajstić information content (AvgIpc) is 4.32. The van der Waals surface area contributed by atoms with Crippen molar-refractivity contribution < 1.29 is 9.47 Å². The van der Waals surface area contributed by atoms with Crippen molar-refractivity contribution in [1.29, 1.82) is 0 Å². The summed E-state index contributed by atoms with van der Waals surface area (Å²) in [7, 11) is 7.84. The fraction of sp³-hybridized carbons (Fsp3) is 0.322. The number of aromatic nitrogens is 14. The fourth-order valence-corrected chi connectivity index (χ4v) is 12.3. The number of hydrogen-bond acceptors (Lipinski definition) is 10. The van der Waals surface area contributed by atoms with Crippen molar-refractivity contribution >= 4 is 81.6 Å². The normalized spacial score (nSPS) is 15.4. The van der Waals surface area contributed by atoms with E-state index in [0.29, 0.717) is 11.8 Å². The maximum atomic E-state index is 5.79. The van der Waals surface area contributed by atoms with E-state index in [4.69, 9.17) is 19.4 Å². The van der Waals surface area contributed by atoms with Crippen LogP contribution in [0, 0.1) is 32.6 Å². The van der Waals surface area contributed by atoms with Gasteiger partial charge in [0.2, 0.25) is 0 Å². The van der Waals surface area contributed by atoms with Gasteiger partial charge in [0.15, 0.2) is 0 Å². The molecule has 76 heavy (non-hydrogen) atoms. The molecule has 386 valence electrons. The highest BCUT2D eigenvalue weighted by Crippen LogP contribution is 2.45. The second kappa shape index (κ2) is 20.5. The molecule has 12 aromatic rings. The summed E-state index contributed by atoms with van der Waals surface area (Å²) < 4.78 is 25.1. The van der Waals surface area contributed by atoms with E-state index in [1.54, 1.807) is 4.68 Å². The standard InChI is InChI=1S/C29H29N7O.C25H23BrN4O.C5H9N3/c1-18-27(35(3)33-32-18)22-15-24-26(30-16-22)25-23(10-9-21-17-31-34(2)29(21)25)36(24)28(19-7-5-4-6-8-19)20-11-13-37-14-12-20;1-29-25-18(14-28-29)7-8-20-22(25)23-21(13-19(26)15-27-23)30(20)24(16-5-3-2-4-6-16)17-9-11-31-12-10-17;1-4-5(2)8(3)7-6-4/h4-10,15-17,20,28H,11-14H2,1-3H3;2-8,13-15,17,24H,9-12H2,1H3;1-3H3/t28-;24-;/m11./s1. The fourth-order valence-electron chi connectivity index (χ4n) is 12.0. The van der Waals surface area contributed by atoms with Crippen LogP contribution in [0.4, 0.5) is 0 Å². The van der Waals surface area contributed by atoms with Crippen LogP contribution in [0.2, 0.25) is 0 Å². The maximum absolute atomic E-state index is 5.79. The summed E-state index contributed by atoms with van der Waals surface area (Å²) in [6.45, 7) is 9.16. The minimum absolute atomic E-state index is 0.151. The second-order valence-corrected chi connectivity index (χ2v) is 21.2. The van der Waals surface area contributed by atoms with E-state index in [2.05, 4.69) is 153 Å². The van der Waals surface area contributed by atoms with Crippen molar-refractivity contribution in [1.82, 2.24) is 68.7 Å². The first-order valence-corrected chi connectivity index (χ1v) is 26.9. The lowest BCUT2D eigenvalue weighted by atomic mass is 9.86. The van der Waals surface area contributed by atoms with Crippen molar-refractivity contribution in [2.45, 2.75) is 58.5 Å². The first-order chi connectivity index (χ1) is 37.0. The van der Waals surface area contributed by atoms with Crippen molar-refractivity contribution in [3.05, 3.63) is 155 Å².